The third-order valence-corrected chi connectivity index (χ3v) is 1.99. The van der Waals surface area contributed by atoms with Crippen LogP contribution in [0.3, 0.4) is 0 Å². The van der Waals surface area contributed by atoms with Crippen molar-refractivity contribution >= 4 is 0 Å². The maximum absolute atomic E-state index is 13.1. The zero-order valence-electron chi connectivity index (χ0n) is 7.32. The van der Waals surface area contributed by atoms with Crippen LogP contribution in [0.15, 0.2) is 12.1 Å². The van der Waals surface area contributed by atoms with Crippen molar-refractivity contribution in [2.45, 2.75) is 26.7 Å². The van der Waals surface area contributed by atoms with E-state index in [0.29, 0.717) is 18.4 Å². The summed E-state index contributed by atoms with van der Waals surface area (Å²) in [7, 11) is 0. The smallest absolute Gasteiger partial charge is 0.129 e. The quantitative estimate of drug-likeness (QED) is 0.639. The Hall–Kier alpha value is -0.920. The highest BCUT2D eigenvalue weighted by atomic mass is 19.1. The maximum Gasteiger partial charge on any atom is 0.129 e. The fourth-order valence-corrected chi connectivity index (χ4v) is 1.37. The molecule has 2 heteroatoms. The summed E-state index contributed by atoms with van der Waals surface area (Å²) >= 11 is 0. The molecular weight excluding hydrogens is 158 g/mol. The molecule has 1 rings (SSSR count). The summed E-state index contributed by atoms with van der Waals surface area (Å²) in [4.78, 5) is 0. The Morgan fingerprint density at radius 2 is 1.75 bits per heavy atom. The van der Waals surface area contributed by atoms with Gasteiger partial charge < -0.3 is 0 Å². The van der Waals surface area contributed by atoms with Crippen LogP contribution in [0.2, 0.25) is 0 Å². The Balaban J connectivity index is 3.24. The molecule has 1 aromatic carbocycles. The number of hydrogen-bond donors (Lipinski definition) is 0. The van der Waals surface area contributed by atoms with Crippen LogP contribution in [-0.4, -0.2) is 0 Å². The van der Waals surface area contributed by atoms with Gasteiger partial charge in [0.1, 0.15) is 11.6 Å². The summed E-state index contributed by atoms with van der Waals surface area (Å²) in [5.74, 6) is -0.907. The van der Waals surface area contributed by atoms with E-state index in [4.69, 9.17) is 0 Å². The molecule has 0 aliphatic heterocycles. The van der Waals surface area contributed by atoms with Crippen LogP contribution in [0.5, 0.6) is 0 Å². The highest BCUT2D eigenvalue weighted by Gasteiger charge is 2.07. The van der Waals surface area contributed by atoms with Crippen molar-refractivity contribution in [2.75, 3.05) is 0 Å². The third-order valence-electron chi connectivity index (χ3n) is 1.99. The standard InChI is InChI=1S/C10H12F2/c1-3-7-5-8(11)6-10(12)9(7)4-2/h5-6H,3-4H2,1-2H3. The van der Waals surface area contributed by atoms with Gasteiger partial charge in [-0.25, -0.2) is 8.78 Å². The molecule has 0 unspecified atom stereocenters. The van der Waals surface area contributed by atoms with Crippen LogP contribution in [0.25, 0.3) is 0 Å². The Morgan fingerprint density at radius 1 is 1.08 bits per heavy atom. The fourth-order valence-electron chi connectivity index (χ4n) is 1.37. The summed E-state index contributed by atoms with van der Waals surface area (Å²) in [6, 6.07) is 2.35. The molecule has 66 valence electrons. The van der Waals surface area contributed by atoms with Gasteiger partial charge in [0.25, 0.3) is 0 Å². The van der Waals surface area contributed by atoms with Crippen molar-refractivity contribution in [3.8, 4) is 0 Å². The van der Waals surface area contributed by atoms with E-state index in [0.717, 1.165) is 11.6 Å². The van der Waals surface area contributed by atoms with Gasteiger partial charge in [-0.1, -0.05) is 13.8 Å². The van der Waals surface area contributed by atoms with Gasteiger partial charge in [0.2, 0.25) is 0 Å². The summed E-state index contributed by atoms with van der Waals surface area (Å²) in [6.45, 7) is 3.77. The number of rotatable bonds is 2. The van der Waals surface area contributed by atoms with E-state index in [9.17, 15) is 8.78 Å². The molecule has 0 heterocycles. The lowest BCUT2D eigenvalue weighted by atomic mass is 10.0. The van der Waals surface area contributed by atoms with Crippen LogP contribution in [0, 0.1) is 11.6 Å². The minimum Gasteiger partial charge on any atom is -0.207 e. The van der Waals surface area contributed by atoms with Crippen LogP contribution < -0.4 is 0 Å². The van der Waals surface area contributed by atoms with Gasteiger partial charge in [0.05, 0.1) is 0 Å². The summed E-state index contributed by atoms with van der Waals surface area (Å²) in [5, 5.41) is 0. The van der Waals surface area contributed by atoms with Crippen molar-refractivity contribution < 1.29 is 8.78 Å². The van der Waals surface area contributed by atoms with Crippen LogP contribution >= 0.6 is 0 Å². The molecule has 0 nitrogen and oxygen atoms in total. The highest BCUT2D eigenvalue weighted by molar-refractivity contribution is 5.29. The van der Waals surface area contributed by atoms with Gasteiger partial charge >= 0.3 is 0 Å². The lowest BCUT2D eigenvalue weighted by Gasteiger charge is -2.06. The van der Waals surface area contributed by atoms with E-state index < -0.39 is 11.6 Å². The molecule has 0 aliphatic carbocycles. The monoisotopic (exact) mass is 170 g/mol. The Labute approximate surface area is 71.2 Å². The van der Waals surface area contributed by atoms with Gasteiger partial charge in [0.15, 0.2) is 0 Å². The van der Waals surface area contributed by atoms with Crippen molar-refractivity contribution in [3.63, 3.8) is 0 Å². The number of halogens is 2. The van der Waals surface area contributed by atoms with Crippen molar-refractivity contribution in [2.24, 2.45) is 0 Å². The van der Waals surface area contributed by atoms with Crippen molar-refractivity contribution in [3.05, 3.63) is 34.9 Å². The molecule has 0 aliphatic rings. The van der Waals surface area contributed by atoms with E-state index in [-0.39, 0.29) is 0 Å². The molecule has 0 spiro atoms. The molecule has 0 fully saturated rings. The van der Waals surface area contributed by atoms with Crippen LogP contribution in [0.1, 0.15) is 25.0 Å². The SMILES string of the molecule is CCc1cc(F)cc(F)c1CC. The Kier molecular flexibility index (Phi) is 2.79. The normalized spacial score (nSPS) is 10.3. The molecule has 0 radical (unpaired) electrons. The summed E-state index contributed by atoms with van der Waals surface area (Å²) in [6.07, 6.45) is 1.30. The lowest BCUT2D eigenvalue weighted by Crippen LogP contribution is -1.97. The molecule has 0 aromatic heterocycles. The summed E-state index contributed by atoms with van der Waals surface area (Å²) in [5.41, 5.74) is 1.41. The molecular formula is C10H12F2. The van der Waals surface area contributed by atoms with Crippen molar-refractivity contribution in [1.82, 2.24) is 0 Å². The van der Waals surface area contributed by atoms with Crippen LogP contribution in [0.4, 0.5) is 8.78 Å². The molecule has 0 saturated heterocycles. The van der Waals surface area contributed by atoms with Crippen LogP contribution in [-0.2, 0) is 12.8 Å². The van der Waals surface area contributed by atoms with Gasteiger partial charge in [0, 0.05) is 6.07 Å². The van der Waals surface area contributed by atoms with E-state index in [1.807, 2.05) is 13.8 Å². The Morgan fingerprint density at radius 3 is 2.25 bits per heavy atom. The number of hydrogen-bond acceptors (Lipinski definition) is 0. The van der Waals surface area contributed by atoms with E-state index in [1.54, 1.807) is 0 Å². The largest absolute Gasteiger partial charge is 0.207 e. The number of benzene rings is 1. The molecule has 12 heavy (non-hydrogen) atoms. The Bertz CT molecular complexity index is 279. The molecule has 0 saturated carbocycles. The minimum absolute atomic E-state index is 0.422. The molecule has 0 bridgehead atoms. The first-order chi connectivity index (χ1) is 5.69. The summed E-state index contributed by atoms with van der Waals surface area (Å²) < 4.78 is 25.7. The second-order valence-electron chi connectivity index (χ2n) is 2.73. The topological polar surface area (TPSA) is 0 Å². The average molecular weight is 170 g/mol. The molecule has 0 atom stereocenters. The first-order valence-electron chi connectivity index (χ1n) is 4.15. The fraction of sp³-hybridized carbons (Fsp3) is 0.400. The molecule has 0 N–H and O–H groups in total. The average Bonchev–Trinajstić information content (AvgIpc) is 2.03. The van der Waals surface area contributed by atoms with E-state index in [1.165, 1.54) is 6.07 Å². The van der Waals surface area contributed by atoms with Gasteiger partial charge in [-0.15, -0.1) is 0 Å². The first-order valence-corrected chi connectivity index (χ1v) is 4.15. The molecule has 1 aromatic rings. The van der Waals surface area contributed by atoms with Gasteiger partial charge in [-0.05, 0) is 30.0 Å². The second-order valence-corrected chi connectivity index (χ2v) is 2.73. The van der Waals surface area contributed by atoms with Crippen molar-refractivity contribution in [1.29, 1.82) is 0 Å². The van der Waals surface area contributed by atoms with Gasteiger partial charge in [-0.2, -0.15) is 0 Å². The van der Waals surface area contributed by atoms with E-state index in [2.05, 4.69) is 0 Å². The third kappa shape index (κ3) is 1.63. The zero-order valence-corrected chi connectivity index (χ0v) is 7.32. The van der Waals surface area contributed by atoms with Gasteiger partial charge in [-0.3, -0.25) is 0 Å². The lowest BCUT2D eigenvalue weighted by molar-refractivity contribution is 0.569. The van der Waals surface area contributed by atoms with E-state index >= 15 is 0 Å². The highest BCUT2D eigenvalue weighted by Crippen LogP contribution is 2.16. The number of aryl methyl sites for hydroxylation is 1. The predicted octanol–water partition coefficient (Wildman–Crippen LogP) is 3.09. The second kappa shape index (κ2) is 3.65. The molecule has 0 amide bonds. The maximum atomic E-state index is 13.1. The minimum atomic E-state index is -0.485. The first kappa shape index (κ1) is 9.17. The zero-order chi connectivity index (χ0) is 9.14. The predicted molar refractivity (Wildman–Crippen MR) is 45.1 cm³/mol.